The number of amides is 1. The summed E-state index contributed by atoms with van der Waals surface area (Å²) in [6.07, 6.45) is 4.89. The molecular formula is C16H22N2O2. The molecule has 20 heavy (non-hydrogen) atoms. The van der Waals surface area contributed by atoms with Crippen LogP contribution < -0.4 is 11.1 Å². The zero-order valence-electron chi connectivity index (χ0n) is 11.9. The molecule has 2 rings (SSSR count). The van der Waals surface area contributed by atoms with E-state index in [9.17, 15) is 9.59 Å². The third-order valence-electron chi connectivity index (χ3n) is 3.95. The molecule has 4 nitrogen and oxygen atoms in total. The average molecular weight is 274 g/mol. The molecule has 0 aliphatic heterocycles. The molecule has 0 aromatic heterocycles. The summed E-state index contributed by atoms with van der Waals surface area (Å²) >= 11 is 0. The minimum absolute atomic E-state index is 0.0349. The van der Waals surface area contributed by atoms with E-state index in [0.717, 1.165) is 12.1 Å². The Bertz CT molecular complexity index is 507. The van der Waals surface area contributed by atoms with Crippen molar-refractivity contribution in [1.82, 2.24) is 5.32 Å². The number of benzene rings is 1. The van der Waals surface area contributed by atoms with Crippen LogP contribution in [0.1, 0.15) is 48.5 Å². The van der Waals surface area contributed by atoms with Crippen LogP contribution in [-0.4, -0.2) is 18.2 Å². The number of ketones is 1. The molecule has 4 heteroatoms. The molecular weight excluding hydrogens is 252 g/mol. The van der Waals surface area contributed by atoms with E-state index in [-0.39, 0.29) is 11.7 Å². The molecule has 0 heterocycles. The molecule has 0 unspecified atom stereocenters. The predicted molar refractivity (Wildman–Crippen MR) is 79.5 cm³/mol. The normalized spacial score (nSPS) is 14.7. The first-order chi connectivity index (χ1) is 9.56. The molecule has 0 radical (unpaired) electrons. The number of aryl methyl sites for hydroxylation is 1. The maximum atomic E-state index is 11.7. The smallest absolute Gasteiger partial charge is 0.220 e. The van der Waals surface area contributed by atoms with Crippen LogP contribution in [0.2, 0.25) is 0 Å². The number of carbonyl (C=O) groups is 2. The summed E-state index contributed by atoms with van der Waals surface area (Å²) in [6, 6.07) is 5.39. The van der Waals surface area contributed by atoms with Gasteiger partial charge in [-0.15, -0.1) is 0 Å². The molecule has 0 saturated heterocycles. The molecule has 0 spiro atoms. The van der Waals surface area contributed by atoms with Gasteiger partial charge in [-0.25, -0.2) is 0 Å². The molecule has 108 valence electrons. The largest absolute Gasteiger partial charge is 0.398 e. The molecule has 0 bridgehead atoms. The number of nitrogen functional groups attached to an aromatic ring is 1. The predicted octanol–water partition coefficient (Wildman–Crippen LogP) is 2.32. The molecule has 1 aliphatic rings. The maximum absolute atomic E-state index is 11.7. The lowest BCUT2D eigenvalue weighted by Gasteiger charge is -2.25. The number of carbonyl (C=O) groups excluding carboxylic acids is 2. The standard InChI is InChI=1S/C16H22N2O2/c1-11(19)14-7-5-12(9-15(14)17)6-8-16(20)18-10-13-3-2-4-13/h5,7,9,13H,2-4,6,8,10,17H2,1H3,(H,18,20). The van der Waals surface area contributed by atoms with Crippen molar-refractivity contribution in [3.63, 3.8) is 0 Å². The van der Waals surface area contributed by atoms with E-state index in [1.807, 2.05) is 6.07 Å². The number of Topliss-reactive ketones (excluding diaryl/α,β-unsaturated/α-hetero) is 1. The van der Waals surface area contributed by atoms with Crippen molar-refractivity contribution in [3.8, 4) is 0 Å². The molecule has 0 atom stereocenters. The Morgan fingerprint density at radius 1 is 1.35 bits per heavy atom. The lowest BCUT2D eigenvalue weighted by Crippen LogP contribution is -2.32. The second kappa shape index (κ2) is 6.55. The van der Waals surface area contributed by atoms with E-state index in [0.29, 0.717) is 30.0 Å². The van der Waals surface area contributed by atoms with E-state index < -0.39 is 0 Å². The van der Waals surface area contributed by atoms with Gasteiger partial charge in [0.05, 0.1) is 0 Å². The Labute approximate surface area is 119 Å². The summed E-state index contributed by atoms with van der Waals surface area (Å²) in [7, 11) is 0. The van der Waals surface area contributed by atoms with E-state index in [1.54, 1.807) is 12.1 Å². The third-order valence-corrected chi connectivity index (χ3v) is 3.95. The topological polar surface area (TPSA) is 72.2 Å². The molecule has 1 fully saturated rings. The zero-order chi connectivity index (χ0) is 14.5. The highest BCUT2D eigenvalue weighted by Crippen LogP contribution is 2.25. The van der Waals surface area contributed by atoms with Gasteiger partial charge in [0.2, 0.25) is 5.91 Å². The minimum atomic E-state index is -0.0349. The molecule has 1 aromatic rings. The second-order valence-corrected chi connectivity index (χ2v) is 5.58. The summed E-state index contributed by atoms with van der Waals surface area (Å²) in [5.41, 5.74) is 7.86. The van der Waals surface area contributed by atoms with Gasteiger partial charge < -0.3 is 11.1 Å². The average Bonchev–Trinajstić information content (AvgIpc) is 2.34. The van der Waals surface area contributed by atoms with Crippen LogP contribution in [0.4, 0.5) is 5.69 Å². The number of hydrogen-bond donors (Lipinski definition) is 2. The number of nitrogens with two attached hydrogens (primary N) is 1. The molecule has 1 aromatic carbocycles. The van der Waals surface area contributed by atoms with Gasteiger partial charge in [-0.3, -0.25) is 9.59 Å². The Hall–Kier alpha value is -1.84. The van der Waals surface area contributed by atoms with Gasteiger partial charge in [-0.2, -0.15) is 0 Å². The minimum Gasteiger partial charge on any atom is -0.398 e. The Kier molecular flexibility index (Phi) is 4.77. The van der Waals surface area contributed by atoms with Crippen LogP contribution >= 0.6 is 0 Å². The highest BCUT2D eigenvalue weighted by atomic mass is 16.1. The van der Waals surface area contributed by atoms with Crippen LogP contribution in [-0.2, 0) is 11.2 Å². The number of hydrogen-bond acceptors (Lipinski definition) is 3. The first kappa shape index (κ1) is 14.6. The second-order valence-electron chi connectivity index (χ2n) is 5.58. The van der Waals surface area contributed by atoms with Crippen molar-refractivity contribution in [2.45, 2.75) is 39.0 Å². The van der Waals surface area contributed by atoms with Crippen molar-refractivity contribution >= 4 is 17.4 Å². The Balaban J connectivity index is 1.79. The van der Waals surface area contributed by atoms with Gasteiger partial charge in [-0.1, -0.05) is 12.5 Å². The fourth-order valence-electron chi connectivity index (χ4n) is 2.39. The molecule has 1 saturated carbocycles. The van der Waals surface area contributed by atoms with Gasteiger partial charge in [-0.05, 0) is 49.8 Å². The third kappa shape index (κ3) is 3.83. The van der Waals surface area contributed by atoms with Crippen molar-refractivity contribution in [2.75, 3.05) is 12.3 Å². The summed E-state index contributed by atoms with van der Waals surface area (Å²) < 4.78 is 0. The first-order valence-corrected chi connectivity index (χ1v) is 7.22. The molecule has 1 aliphatic carbocycles. The van der Waals surface area contributed by atoms with Crippen LogP contribution in [0.25, 0.3) is 0 Å². The number of nitrogens with one attached hydrogen (secondary N) is 1. The summed E-state index contributed by atoms with van der Waals surface area (Å²) in [5, 5.41) is 2.97. The van der Waals surface area contributed by atoms with E-state index in [4.69, 9.17) is 5.73 Å². The van der Waals surface area contributed by atoms with Gasteiger partial charge in [0.25, 0.3) is 0 Å². The van der Waals surface area contributed by atoms with Crippen molar-refractivity contribution in [3.05, 3.63) is 29.3 Å². The van der Waals surface area contributed by atoms with Crippen LogP contribution in [0.3, 0.4) is 0 Å². The van der Waals surface area contributed by atoms with Crippen LogP contribution in [0.15, 0.2) is 18.2 Å². The van der Waals surface area contributed by atoms with E-state index in [1.165, 1.54) is 26.2 Å². The van der Waals surface area contributed by atoms with Crippen LogP contribution in [0.5, 0.6) is 0 Å². The van der Waals surface area contributed by atoms with E-state index >= 15 is 0 Å². The Morgan fingerprint density at radius 2 is 2.10 bits per heavy atom. The highest BCUT2D eigenvalue weighted by Gasteiger charge is 2.17. The fourth-order valence-corrected chi connectivity index (χ4v) is 2.39. The van der Waals surface area contributed by atoms with Gasteiger partial charge in [0.1, 0.15) is 0 Å². The number of rotatable bonds is 6. The first-order valence-electron chi connectivity index (χ1n) is 7.22. The van der Waals surface area contributed by atoms with Crippen molar-refractivity contribution in [2.24, 2.45) is 5.92 Å². The summed E-state index contributed by atoms with van der Waals surface area (Å²) in [5.74, 6) is 0.739. The monoisotopic (exact) mass is 274 g/mol. The van der Waals surface area contributed by atoms with Gasteiger partial charge >= 0.3 is 0 Å². The maximum Gasteiger partial charge on any atom is 0.220 e. The lowest BCUT2D eigenvalue weighted by atomic mass is 9.85. The fraction of sp³-hybridized carbons (Fsp3) is 0.500. The Morgan fingerprint density at radius 3 is 2.65 bits per heavy atom. The molecule has 1 amide bonds. The van der Waals surface area contributed by atoms with Crippen LogP contribution in [0, 0.1) is 5.92 Å². The summed E-state index contributed by atoms with van der Waals surface area (Å²) in [6.45, 7) is 2.31. The SMILES string of the molecule is CC(=O)c1ccc(CCC(=O)NCC2CCC2)cc1N. The summed E-state index contributed by atoms with van der Waals surface area (Å²) in [4.78, 5) is 23.0. The number of anilines is 1. The van der Waals surface area contributed by atoms with Gasteiger partial charge in [0, 0.05) is 24.2 Å². The van der Waals surface area contributed by atoms with E-state index in [2.05, 4.69) is 5.32 Å². The zero-order valence-corrected chi connectivity index (χ0v) is 11.9. The molecule has 3 N–H and O–H groups in total. The van der Waals surface area contributed by atoms with Crippen molar-refractivity contribution < 1.29 is 9.59 Å². The quantitative estimate of drug-likeness (QED) is 0.617. The lowest BCUT2D eigenvalue weighted by molar-refractivity contribution is -0.121. The highest BCUT2D eigenvalue weighted by molar-refractivity contribution is 5.99. The van der Waals surface area contributed by atoms with Gasteiger partial charge in [0.15, 0.2) is 5.78 Å². The van der Waals surface area contributed by atoms with Crippen molar-refractivity contribution in [1.29, 1.82) is 0 Å².